The lowest BCUT2D eigenvalue weighted by Crippen LogP contribution is -2.26. The molecule has 0 heterocycles. The van der Waals surface area contributed by atoms with Crippen molar-refractivity contribution in [2.75, 3.05) is 6.61 Å². The highest BCUT2D eigenvalue weighted by Crippen LogP contribution is 2.05. The molecule has 0 radical (unpaired) electrons. The Morgan fingerprint density at radius 1 is 1.50 bits per heavy atom. The summed E-state index contributed by atoms with van der Waals surface area (Å²) in [5.74, 6) is -0.266. The van der Waals surface area contributed by atoms with E-state index in [0.717, 1.165) is 5.56 Å². The molecule has 0 aliphatic carbocycles. The molecule has 0 aliphatic rings. The topological polar surface area (TPSA) is 46.2 Å². The lowest BCUT2D eigenvalue weighted by molar-refractivity contribution is 0.265. The number of nitrogens with two attached hydrogens (primary N) is 1. The van der Waals surface area contributed by atoms with Crippen molar-refractivity contribution in [1.82, 2.24) is 0 Å². The summed E-state index contributed by atoms with van der Waals surface area (Å²) in [6.07, 6.45) is 0.508. The number of aliphatic hydroxyl groups excluding tert-OH is 1. The van der Waals surface area contributed by atoms with Crippen molar-refractivity contribution in [1.29, 1.82) is 0 Å². The molecule has 2 nitrogen and oxygen atoms in total. The van der Waals surface area contributed by atoms with Gasteiger partial charge in [-0.1, -0.05) is 12.1 Å². The van der Waals surface area contributed by atoms with E-state index < -0.39 is 0 Å². The van der Waals surface area contributed by atoms with Crippen molar-refractivity contribution in [3.8, 4) is 0 Å². The van der Waals surface area contributed by atoms with E-state index in [0.29, 0.717) is 6.42 Å². The van der Waals surface area contributed by atoms with E-state index in [1.165, 1.54) is 12.1 Å². The summed E-state index contributed by atoms with van der Waals surface area (Å²) in [4.78, 5) is 0. The maximum absolute atomic E-state index is 12.6. The first-order valence-corrected chi connectivity index (χ1v) is 3.83. The van der Waals surface area contributed by atoms with Gasteiger partial charge in [-0.3, -0.25) is 0 Å². The first-order valence-electron chi connectivity index (χ1n) is 3.83. The number of halogens is 1. The van der Waals surface area contributed by atoms with Gasteiger partial charge in [0.15, 0.2) is 0 Å². The van der Waals surface area contributed by atoms with Gasteiger partial charge in [0, 0.05) is 6.04 Å². The summed E-state index contributed by atoms with van der Waals surface area (Å²) in [6, 6.07) is 5.93. The Morgan fingerprint density at radius 2 is 2.25 bits per heavy atom. The van der Waals surface area contributed by atoms with Gasteiger partial charge in [-0.15, -0.1) is 0 Å². The van der Waals surface area contributed by atoms with Crippen molar-refractivity contribution in [3.63, 3.8) is 0 Å². The van der Waals surface area contributed by atoms with Crippen LogP contribution in [0.1, 0.15) is 5.56 Å². The number of hydrogen-bond acceptors (Lipinski definition) is 2. The van der Waals surface area contributed by atoms with Crippen molar-refractivity contribution in [3.05, 3.63) is 35.6 Å². The normalized spacial score (nSPS) is 12.9. The van der Waals surface area contributed by atoms with Gasteiger partial charge in [-0.2, -0.15) is 0 Å². The minimum Gasteiger partial charge on any atom is -0.395 e. The van der Waals surface area contributed by atoms with Crippen LogP contribution < -0.4 is 5.73 Å². The maximum atomic E-state index is 12.6. The van der Waals surface area contributed by atoms with Gasteiger partial charge in [-0.25, -0.2) is 4.39 Å². The van der Waals surface area contributed by atoms with Crippen LogP contribution in [0, 0.1) is 5.82 Å². The molecule has 3 heteroatoms. The summed E-state index contributed by atoms with van der Waals surface area (Å²) in [7, 11) is 0. The molecular formula is C9H12FNO. The first kappa shape index (κ1) is 9.16. The fraction of sp³-hybridized carbons (Fsp3) is 0.333. The Kier molecular flexibility index (Phi) is 3.19. The third-order valence-corrected chi connectivity index (χ3v) is 1.62. The largest absolute Gasteiger partial charge is 0.395 e. The van der Waals surface area contributed by atoms with Crippen molar-refractivity contribution < 1.29 is 9.50 Å². The molecule has 0 fully saturated rings. The van der Waals surface area contributed by atoms with Crippen LogP contribution >= 0.6 is 0 Å². The van der Waals surface area contributed by atoms with Gasteiger partial charge in [0.1, 0.15) is 5.82 Å². The molecule has 0 aliphatic heterocycles. The minimum atomic E-state index is -0.299. The number of hydrogen-bond donors (Lipinski definition) is 2. The zero-order valence-corrected chi connectivity index (χ0v) is 6.70. The molecule has 0 saturated heterocycles. The Labute approximate surface area is 70.8 Å². The predicted molar refractivity (Wildman–Crippen MR) is 45.2 cm³/mol. The molecule has 66 valence electrons. The smallest absolute Gasteiger partial charge is 0.123 e. The van der Waals surface area contributed by atoms with Gasteiger partial charge in [0.25, 0.3) is 0 Å². The molecular weight excluding hydrogens is 157 g/mol. The molecule has 0 saturated carbocycles. The molecule has 0 bridgehead atoms. The van der Waals surface area contributed by atoms with E-state index in [1.54, 1.807) is 12.1 Å². The molecule has 1 aromatic carbocycles. The van der Waals surface area contributed by atoms with E-state index in [1.807, 2.05) is 0 Å². The fourth-order valence-electron chi connectivity index (χ4n) is 1.03. The van der Waals surface area contributed by atoms with Crippen LogP contribution in [0.2, 0.25) is 0 Å². The predicted octanol–water partition coefficient (Wildman–Crippen LogP) is 0.688. The summed E-state index contributed by atoms with van der Waals surface area (Å²) in [5, 5.41) is 8.65. The summed E-state index contributed by atoms with van der Waals surface area (Å²) >= 11 is 0. The first-order chi connectivity index (χ1) is 5.72. The number of rotatable bonds is 3. The van der Waals surface area contributed by atoms with Crippen LogP contribution in [-0.4, -0.2) is 17.8 Å². The van der Waals surface area contributed by atoms with Gasteiger partial charge in [0.2, 0.25) is 0 Å². The van der Waals surface area contributed by atoms with Gasteiger partial charge >= 0.3 is 0 Å². The van der Waals surface area contributed by atoms with Gasteiger partial charge in [-0.05, 0) is 24.1 Å². The monoisotopic (exact) mass is 169 g/mol. The summed E-state index contributed by atoms with van der Waals surface area (Å²) in [5.41, 5.74) is 6.30. The van der Waals surface area contributed by atoms with Crippen LogP contribution in [-0.2, 0) is 6.42 Å². The quantitative estimate of drug-likeness (QED) is 0.699. The van der Waals surface area contributed by atoms with Crippen LogP contribution in [0.5, 0.6) is 0 Å². The Hall–Kier alpha value is -0.930. The Balaban J connectivity index is 2.63. The van der Waals surface area contributed by atoms with Crippen LogP contribution in [0.3, 0.4) is 0 Å². The van der Waals surface area contributed by atoms with Crippen LogP contribution in [0.15, 0.2) is 24.3 Å². The summed E-state index contributed by atoms with van der Waals surface area (Å²) in [6.45, 7) is -0.0729. The van der Waals surface area contributed by atoms with Gasteiger partial charge < -0.3 is 10.8 Å². The van der Waals surface area contributed by atoms with Gasteiger partial charge in [0.05, 0.1) is 6.61 Å². The van der Waals surface area contributed by atoms with E-state index >= 15 is 0 Å². The molecule has 0 spiro atoms. The van der Waals surface area contributed by atoms with Crippen molar-refractivity contribution >= 4 is 0 Å². The lowest BCUT2D eigenvalue weighted by atomic mass is 10.1. The zero-order chi connectivity index (χ0) is 8.97. The third-order valence-electron chi connectivity index (χ3n) is 1.62. The highest BCUT2D eigenvalue weighted by atomic mass is 19.1. The molecule has 3 N–H and O–H groups in total. The molecule has 0 amide bonds. The van der Waals surface area contributed by atoms with Crippen LogP contribution in [0.4, 0.5) is 4.39 Å². The number of aliphatic hydroxyl groups is 1. The lowest BCUT2D eigenvalue weighted by Gasteiger charge is -2.07. The standard InChI is InChI=1S/C9H12FNO/c10-8-3-1-2-7(4-8)5-9(11)6-12/h1-4,9,12H,5-6,11H2. The van der Waals surface area contributed by atoms with Crippen LogP contribution in [0.25, 0.3) is 0 Å². The molecule has 1 rings (SSSR count). The Bertz CT molecular complexity index is 252. The second-order valence-electron chi connectivity index (χ2n) is 2.78. The second-order valence-corrected chi connectivity index (χ2v) is 2.78. The van der Waals surface area contributed by atoms with Crippen molar-refractivity contribution in [2.45, 2.75) is 12.5 Å². The highest BCUT2D eigenvalue weighted by molar-refractivity contribution is 5.17. The highest BCUT2D eigenvalue weighted by Gasteiger charge is 2.02. The average Bonchev–Trinajstić information content (AvgIpc) is 2.04. The average molecular weight is 169 g/mol. The maximum Gasteiger partial charge on any atom is 0.123 e. The van der Waals surface area contributed by atoms with Crippen molar-refractivity contribution in [2.24, 2.45) is 5.73 Å². The van der Waals surface area contributed by atoms with E-state index in [4.69, 9.17) is 10.8 Å². The third kappa shape index (κ3) is 2.60. The fourth-order valence-corrected chi connectivity index (χ4v) is 1.03. The second kappa shape index (κ2) is 4.18. The molecule has 1 atom stereocenters. The molecule has 1 unspecified atom stereocenters. The van der Waals surface area contributed by atoms with E-state index in [2.05, 4.69) is 0 Å². The molecule has 1 aromatic rings. The number of benzene rings is 1. The van der Waals surface area contributed by atoms with E-state index in [9.17, 15) is 4.39 Å². The minimum absolute atomic E-state index is 0.0729. The van der Waals surface area contributed by atoms with E-state index in [-0.39, 0.29) is 18.5 Å². The Morgan fingerprint density at radius 3 is 2.83 bits per heavy atom. The SMILES string of the molecule is NC(CO)Cc1cccc(F)c1. The summed E-state index contributed by atoms with van der Waals surface area (Å²) < 4.78 is 12.6. The molecule has 12 heavy (non-hydrogen) atoms. The zero-order valence-electron chi connectivity index (χ0n) is 6.70. The molecule has 0 aromatic heterocycles.